The third-order valence-corrected chi connectivity index (χ3v) is 5.76. The van der Waals surface area contributed by atoms with E-state index in [1.807, 2.05) is 0 Å². The van der Waals surface area contributed by atoms with Crippen molar-refractivity contribution in [2.75, 3.05) is 26.4 Å². The van der Waals surface area contributed by atoms with Gasteiger partial charge in [-0.05, 0) is 6.42 Å². The molecule has 0 aromatic heterocycles. The topological polar surface area (TPSA) is 231 Å². The van der Waals surface area contributed by atoms with Gasteiger partial charge in [-0.15, -0.1) is 0 Å². The second-order valence-electron chi connectivity index (χ2n) is 8.00. The third-order valence-electron chi connectivity index (χ3n) is 5.76. The molecule has 12 N–H and O–H groups in total. The Morgan fingerprint density at radius 2 is 1.53 bits per heavy atom. The van der Waals surface area contributed by atoms with Crippen LogP contribution in [-0.4, -0.2) is 120 Å². The largest absolute Gasteiger partial charge is 0.394 e. The molecule has 0 aromatic rings. The highest BCUT2D eigenvalue weighted by Crippen LogP contribution is 2.29. The predicted molar refractivity (Wildman–Crippen MR) is 101 cm³/mol. The van der Waals surface area contributed by atoms with Crippen LogP contribution in [0.5, 0.6) is 0 Å². The molecular formula is C17H34N4O9. The highest BCUT2D eigenvalue weighted by molar-refractivity contribution is 5.00. The van der Waals surface area contributed by atoms with Crippen molar-refractivity contribution in [3.8, 4) is 0 Å². The molecule has 0 bridgehead atoms. The first kappa shape index (κ1) is 24.1. The zero-order valence-electron chi connectivity index (χ0n) is 16.6. The molecule has 30 heavy (non-hydrogen) atoms. The van der Waals surface area contributed by atoms with E-state index in [2.05, 4.69) is 0 Å². The Bertz CT molecular complexity index is 547. The predicted octanol–water partition coefficient (Wildman–Crippen LogP) is -5.36. The summed E-state index contributed by atoms with van der Waals surface area (Å²) in [7, 11) is 0. The van der Waals surface area contributed by atoms with Gasteiger partial charge in [-0.3, -0.25) is 0 Å². The average Bonchev–Trinajstić information content (AvgIpc) is 2.74. The molecule has 2 aliphatic heterocycles. The number of ether oxygens (including phenoxy) is 5. The molecule has 0 spiro atoms. The quantitative estimate of drug-likeness (QED) is 0.194. The van der Waals surface area contributed by atoms with E-state index in [0.29, 0.717) is 6.61 Å². The zero-order chi connectivity index (χ0) is 22.0. The lowest BCUT2D eigenvalue weighted by molar-refractivity contribution is -0.316. The molecule has 176 valence electrons. The molecule has 12 atom stereocenters. The van der Waals surface area contributed by atoms with Crippen LogP contribution in [0.25, 0.3) is 0 Å². The van der Waals surface area contributed by atoms with Gasteiger partial charge in [-0.25, -0.2) is 0 Å². The molecule has 0 radical (unpaired) electrons. The van der Waals surface area contributed by atoms with Crippen molar-refractivity contribution in [1.29, 1.82) is 0 Å². The summed E-state index contributed by atoms with van der Waals surface area (Å²) in [6.07, 6.45) is -9.11. The number of rotatable bonds is 6. The molecule has 13 heteroatoms. The normalized spacial score (nSPS) is 50.4. The molecule has 13 nitrogen and oxygen atoms in total. The zero-order valence-corrected chi connectivity index (χ0v) is 16.6. The molecule has 0 aromatic carbocycles. The van der Waals surface area contributed by atoms with Crippen LogP contribution in [0.15, 0.2) is 0 Å². The SMILES string of the molecule is NC[C@@H]1COC[C@@H](O[C@H]2[C@H](O)[C@@H](O[C@H]3O[C@H](CO)[C@@H](O)[C@H](N)[C@H]3O)[C@H](N)C[C@@H]2N)O1. The highest BCUT2D eigenvalue weighted by atomic mass is 16.7. The molecule has 1 saturated carbocycles. The summed E-state index contributed by atoms with van der Waals surface area (Å²) in [5.41, 5.74) is 23.7. The number of aliphatic hydroxyl groups is 4. The summed E-state index contributed by atoms with van der Waals surface area (Å²) in [6, 6.07) is -2.42. The smallest absolute Gasteiger partial charge is 0.186 e. The van der Waals surface area contributed by atoms with E-state index in [0.717, 1.165) is 0 Å². The Morgan fingerprint density at radius 1 is 0.867 bits per heavy atom. The van der Waals surface area contributed by atoms with Gasteiger partial charge in [-0.1, -0.05) is 0 Å². The van der Waals surface area contributed by atoms with Gasteiger partial charge in [0.25, 0.3) is 0 Å². The summed E-state index contributed by atoms with van der Waals surface area (Å²) >= 11 is 0. The molecule has 0 amide bonds. The van der Waals surface area contributed by atoms with E-state index in [1.165, 1.54) is 0 Å². The first-order valence-electron chi connectivity index (χ1n) is 10.1. The lowest BCUT2D eigenvalue weighted by Crippen LogP contribution is -2.67. The average molecular weight is 438 g/mol. The maximum atomic E-state index is 10.9. The lowest BCUT2D eigenvalue weighted by Gasteiger charge is -2.47. The van der Waals surface area contributed by atoms with Gasteiger partial charge in [-0.2, -0.15) is 0 Å². The van der Waals surface area contributed by atoms with Crippen molar-refractivity contribution in [1.82, 2.24) is 0 Å². The van der Waals surface area contributed by atoms with Gasteiger partial charge < -0.3 is 67.0 Å². The third kappa shape index (κ3) is 5.10. The maximum Gasteiger partial charge on any atom is 0.186 e. The minimum atomic E-state index is -1.41. The fourth-order valence-electron chi connectivity index (χ4n) is 3.98. The van der Waals surface area contributed by atoms with Gasteiger partial charge in [0.1, 0.15) is 36.6 Å². The fourth-order valence-corrected chi connectivity index (χ4v) is 3.98. The van der Waals surface area contributed by atoms with Crippen molar-refractivity contribution in [2.45, 2.75) is 79.9 Å². The van der Waals surface area contributed by atoms with Crippen molar-refractivity contribution in [3.63, 3.8) is 0 Å². The second-order valence-corrected chi connectivity index (χ2v) is 8.00. The Kier molecular flexibility index (Phi) is 8.36. The lowest BCUT2D eigenvalue weighted by atomic mass is 9.84. The number of aliphatic hydroxyl groups excluding tert-OH is 4. The van der Waals surface area contributed by atoms with Crippen molar-refractivity contribution >= 4 is 0 Å². The molecule has 2 heterocycles. The van der Waals surface area contributed by atoms with Crippen LogP contribution in [-0.2, 0) is 23.7 Å². The van der Waals surface area contributed by atoms with E-state index >= 15 is 0 Å². The number of hydrogen-bond donors (Lipinski definition) is 8. The number of nitrogens with two attached hydrogens (primary N) is 4. The molecule has 3 aliphatic rings. The molecule has 3 rings (SSSR count). The molecule has 2 saturated heterocycles. The first-order chi connectivity index (χ1) is 14.3. The molecule has 1 aliphatic carbocycles. The minimum Gasteiger partial charge on any atom is -0.394 e. The van der Waals surface area contributed by atoms with Crippen molar-refractivity contribution < 1.29 is 44.1 Å². The van der Waals surface area contributed by atoms with Gasteiger partial charge >= 0.3 is 0 Å². The van der Waals surface area contributed by atoms with Crippen LogP contribution >= 0.6 is 0 Å². The van der Waals surface area contributed by atoms with E-state index in [1.54, 1.807) is 0 Å². The first-order valence-corrected chi connectivity index (χ1v) is 10.1. The highest BCUT2D eigenvalue weighted by Gasteiger charge is 2.49. The minimum absolute atomic E-state index is 0.152. The maximum absolute atomic E-state index is 10.9. The summed E-state index contributed by atoms with van der Waals surface area (Å²) in [6.45, 7) is 0.226. The van der Waals surface area contributed by atoms with Crippen LogP contribution in [0.1, 0.15) is 6.42 Å². The van der Waals surface area contributed by atoms with E-state index < -0.39 is 73.9 Å². The van der Waals surface area contributed by atoms with Crippen LogP contribution in [0.4, 0.5) is 0 Å². The van der Waals surface area contributed by atoms with E-state index in [9.17, 15) is 20.4 Å². The van der Waals surface area contributed by atoms with Crippen LogP contribution in [0.2, 0.25) is 0 Å². The standard InChI is InChI=1S/C17H34N4O9/c18-2-6-4-26-5-10(27-6)29-15-7(19)1-8(20)16(14(15)25)30-17-13(24)11(21)12(23)9(3-22)28-17/h6-17,22-25H,1-5,18-21H2/t6-,7+,8-,9-,10-,11+,12-,13-,14+,15-,16+,17-/m1/s1. The number of hydrogen-bond acceptors (Lipinski definition) is 13. The van der Waals surface area contributed by atoms with Crippen LogP contribution in [0.3, 0.4) is 0 Å². The van der Waals surface area contributed by atoms with Gasteiger partial charge in [0.2, 0.25) is 0 Å². The molecule has 3 fully saturated rings. The molecular weight excluding hydrogens is 404 g/mol. The Balaban J connectivity index is 1.67. The fraction of sp³-hybridized carbons (Fsp3) is 1.00. The van der Waals surface area contributed by atoms with Crippen molar-refractivity contribution in [3.05, 3.63) is 0 Å². The summed E-state index contributed by atoms with van der Waals surface area (Å²) in [5.74, 6) is 0. The summed E-state index contributed by atoms with van der Waals surface area (Å²) in [5, 5.41) is 40.5. The van der Waals surface area contributed by atoms with Gasteiger partial charge in [0, 0.05) is 18.6 Å². The van der Waals surface area contributed by atoms with Gasteiger partial charge in [0.15, 0.2) is 12.6 Å². The van der Waals surface area contributed by atoms with Gasteiger partial charge in [0.05, 0.1) is 32.0 Å². The van der Waals surface area contributed by atoms with Crippen LogP contribution in [0, 0.1) is 0 Å². The van der Waals surface area contributed by atoms with Crippen LogP contribution < -0.4 is 22.9 Å². The summed E-state index contributed by atoms with van der Waals surface area (Å²) < 4.78 is 28.1. The van der Waals surface area contributed by atoms with E-state index in [-0.39, 0.29) is 25.7 Å². The van der Waals surface area contributed by atoms with E-state index in [4.69, 9.17) is 46.6 Å². The monoisotopic (exact) mass is 438 g/mol. The Hall–Kier alpha value is -0.520. The second kappa shape index (κ2) is 10.4. The van der Waals surface area contributed by atoms with Crippen molar-refractivity contribution in [2.24, 2.45) is 22.9 Å². The summed E-state index contributed by atoms with van der Waals surface area (Å²) in [4.78, 5) is 0. The molecule has 0 unspecified atom stereocenters. The Morgan fingerprint density at radius 3 is 2.17 bits per heavy atom. The Labute approximate surface area is 174 Å².